The molecule has 104 valence electrons. The molecule has 0 unspecified atom stereocenters. The van der Waals surface area contributed by atoms with Crippen molar-refractivity contribution in [2.45, 2.75) is 13.8 Å². The number of hydrogen-bond acceptors (Lipinski definition) is 2. The summed E-state index contributed by atoms with van der Waals surface area (Å²) < 4.78 is 0. The van der Waals surface area contributed by atoms with Gasteiger partial charge in [0.15, 0.2) is 0 Å². The largest absolute Gasteiger partial charge is 0.287 e. The summed E-state index contributed by atoms with van der Waals surface area (Å²) in [5.41, 5.74) is 3.25. The maximum absolute atomic E-state index is 4.39. The van der Waals surface area contributed by atoms with Crippen LogP contribution in [0.1, 0.15) is 18.1 Å². The Kier molecular flexibility index (Phi) is 6.82. The summed E-state index contributed by atoms with van der Waals surface area (Å²) in [6, 6.07) is 8.20. The first-order valence-corrected chi connectivity index (χ1v) is 7.30. The van der Waals surface area contributed by atoms with Crippen molar-refractivity contribution in [1.82, 2.24) is 0 Å². The Morgan fingerprint density at radius 2 is 1.90 bits per heavy atom. The lowest BCUT2D eigenvalue weighted by molar-refractivity contribution is 1.39. The molecule has 2 heteroatoms. The van der Waals surface area contributed by atoms with Crippen molar-refractivity contribution in [3.8, 4) is 0 Å². The molecule has 1 nitrogen and oxygen atoms in total. The molecule has 0 saturated carbocycles. The van der Waals surface area contributed by atoms with Crippen LogP contribution in [0.2, 0.25) is 0 Å². The van der Waals surface area contributed by atoms with Gasteiger partial charge in [0.05, 0.1) is 5.71 Å². The third kappa shape index (κ3) is 4.71. The Morgan fingerprint density at radius 3 is 2.50 bits per heavy atom. The zero-order valence-corrected chi connectivity index (χ0v) is 13.2. The second kappa shape index (κ2) is 8.39. The number of hydrogen-bond donors (Lipinski definition) is 0. The van der Waals surface area contributed by atoms with Crippen LogP contribution in [-0.2, 0) is 0 Å². The lowest BCUT2D eigenvalue weighted by atomic mass is 10.0. The van der Waals surface area contributed by atoms with E-state index in [2.05, 4.69) is 37.2 Å². The maximum Gasteiger partial charge on any atom is 0.0779 e. The lowest BCUT2D eigenvalue weighted by Crippen LogP contribution is -2.04. The van der Waals surface area contributed by atoms with Gasteiger partial charge >= 0.3 is 0 Å². The Bertz CT molecular complexity index is 577. The minimum absolute atomic E-state index is 0.914. The van der Waals surface area contributed by atoms with Crippen molar-refractivity contribution in [1.29, 1.82) is 0 Å². The van der Waals surface area contributed by atoms with Crippen molar-refractivity contribution in [2.24, 2.45) is 4.99 Å². The van der Waals surface area contributed by atoms with Gasteiger partial charge in [-0.15, -0.1) is 0 Å². The molecule has 0 bridgehead atoms. The topological polar surface area (TPSA) is 12.4 Å². The first-order chi connectivity index (χ1) is 9.60. The predicted octanol–water partition coefficient (Wildman–Crippen LogP) is 5.31. The highest BCUT2D eigenvalue weighted by Crippen LogP contribution is 2.28. The van der Waals surface area contributed by atoms with Crippen molar-refractivity contribution in [2.75, 3.05) is 7.05 Å². The molecule has 1 rings (SSSR count). The second-order valence-electron chi connectivity index (χ2n) is 4.26. The quantitative estimate of drug-likeness (QED) is 0.509. The summed E-state index contributed by atoms with van der Waals surface area (Å²) in [6.45, 7) is 12.2. The van der Waals surface area contributed by atoms with E-state index in [9.17, 15) is 0 Å². The summed E-state index contributed by atoms with van der Waals surface area (Å²) in [4.78, 5) is 6.25. The van der Waals surface area contributed by atoms with Gasteiger partial charge in [0, 0.05) is 22.4 Å². The molecule has 0 heterocycles. The van der Waals surface area contributed by atoms with E-state index < -0.39 is 0 Å². The molecule has 1 aromatic rings. The number of aryl methyl sites for hydroxylation is 1. The maximum atomic E-state index is 4.39. The highest BCUT2D eigenvalue weighted by Gasteiger charge is 2.10. The van der Waals surface area contributed by atoms with Crippen LogP contribution in [0.3, 0.4) is 0 Å². The van der Waals surface area contributed by atoms with Gasteiger partial charge in [0.25, 0.3) is 0 Å². The molecule has 0 N–H and O–H groups in total. The van der Waals surface area contributed by atoms with Gasteiger partial charge in [-0.3, -0.25) is 4.99 Å². The fraction of sp³-hybridized carbons (Fsp3) is 0.167. The average molecular weight is 283 g/mol. The van der Waals surface area contributed by atoms with Gasteiger partial charge in [-0.1, -0.05) is 67.4 Å². The Labute approximate surface area is 126 Å². The molecule has 0 aromatic heterocycles. The molecule has 0 atom stereocenters. The first kappa shape index (κ1) is 16.3. The van der Waals surface area contributed by atoms with E-state index in [1.54, 1.807) is 18.8 Å². The Balaban J connectivity index is 2.85. The van der Waals surface area contributed by atoms with Crippen molar-refractivity contribution in [3.05, 3.63) is 82.7 Å². The summed E-state index contributed by atoms with van der Waals surface area (Å²) in [5.74, 6) is 0. The van der Waals surface area contributed by atoms with Crippen LogP contribution < -0.4 is 0 Å². The van der Waals surface area contributed by atoms with Crippen LogP contribution in [0.25, 0.3) is 0 Å². The first-order valence-electron chi connectivity index (χ1n) is 6.48. The van der Waals surface area contributed by atoms with Gasteiger partial charge in [0.2, 0.25) is 0 Å². The van der Waals surface area contributed by atoms with Crippen LogP contribution >= 0.6 is 11.8 Å². The molecule has 0 spiro atoms. The molecule has 1 aromatic carbocycles. The fourth-order valence-electron chi connectivity index (χ4n) is 1.75. The molecule has 20 heavy (non-hydrogen) atoms. The van der Waals surface area contributed by atoms with Crippen molar-refractivity contribution in [3.63, 3.8) is 0 Å². The number of allylic oxidation sites excluding steroid dienone is 5. The fourth-order valence-corrected chi connectivity index (χ4v) is 2.51. The van der Waals surface area contributed by atoms with Gasteiger partial charge in [-0.05, 0) is 25.5 Å². The van der Waals surface area contributed by atoms with Gasteiger partial charge in [-0.2, -0.15) is 0 Å². The molecule has 0 amide bonds. The third-order valence-electron chi connectivity index (χ3n) is 2.73. The lowest BCUT2D eigenvalue weighted by Gasteiger charge is -2.11. The Morgan fingerprint density at radius 1 is 1.20 bits per heavy atom. The monoisotopic (exact) mass is 283 g/mol. The summed E-state index contributed by atoms with van der Waals surface area (Å²) in [7, 11) is 1.80. The minimum atomic E-state index is 0.914. The zero-order valence-electron chi connectivity index (χ0n) is 12.4. The van der Waals surface area contributed by atoms with Crippen molar-refractivity contribution >= 4 is 17.5 Å². The molecule has 0 aliphatic carbocycles. The zero-order chi connectivity index (χ0) is 15.0. The molecule has 0 aliphatic heterocycles. The van der Waals surface area contributed by atoms with Crippen LogP contribution in [-0.4, -0.2) is 12.8 Å². The number of rotatable bonds is 6. The van der Waals surface area contributed by atoms with E-state index in [4.69, 9.17) is 0 Å². The molecule has 0 fully saturated rings. The van der Waals surface area contributed by atoms with Gasteiger partial charge in [0.1, 0.15) is 0 Å². The minimum Gasteiger partial charge on any atom is -0.287 e. The average Bonchev–Trinajstić information content (AvgIpc) is 2.42. The normalized spacial score (nSPS) is 12.2. The second-order valence-corrected chi connectivity index (χ2v) is 5.48. The van der Waals surface area contributed by atoms with E-state index in [1.807, 2.05) is 43.4 Å². The Hall–Kier alpha value is -1.80. The highest BCUT2D eigenvalue weighted by atomic mass is 32.2. The molecule has 0 saturated heterocycles. The summed E-state index contributed by atoms with van der Waals surface area (Å²) >= 11 is 1.55. The third-order valence-corrected chi connectivity index (χ3v) is 3.57. The number of aliphatic imine (C=N–C) groups is 1. The van der Waals surface area contributed by atoms with E-state index >= 15 is 0 Å². The summed E-state index contributed by atoms with van der Waals surface area (Å²) in [5, 5.41) is 0. The van der Waals surface area contributed by atoms with E-state index in [-0.39, 0.29) is 0 Å². The van der Waals surface area contributed by atoms with E-state index in [0.717, 1.165) is 21.1 Å². The van der Waals surface area contributed by atoms with Crippen LogP contribution in [0.15, 0.2) is 76.5 Å². The number of benzene rings is 1. The van der Waals surface area contributed by atoms with Crippen molar-refractivity contribution < 1.29 is 0 Å². The van der Waals surface area contributed by atoms with E-state index in [1.165, 1.54) is 5.56 Å². The van der Waals surface area contributed by atoms with Gasteiger partial charge < -0.3 is 0 Å². The summed E-state index contributed by atoms with van der Waals surface area (Å²) in [6.07, 6.45) is 7.90. The number of thioether (sulfide) groups is 1. The van der Waals surface area contributed by atoms with Crippen LogP contribution in [0.5, 0.6) is 0 Å². The smallest absolute Gasteiger partial charge is 0.0779 e. The van der Waals surface area contributed by atoms with Crippen LogP contribution in [0, 0.1) is 6.92 Å². The SMILES string of the molecule is C=C(/C=C\C=C/C)SC(=C)/C(=N/C)c1ccccc1C. The molecule has 0 aliphatic rings. The standard InChI is InChI=1S/C18H21NS/c1-6-7-8-12-15(3)20-16(4)18(19-5)17-13-10-9-11-14(17)2/h6-13H,3-4H2,1-2,5H3/b7-6-,12-8-,19-18-. The predicted molar refractivity (Wildman–Crippen MR) is 93.5 cm³/mol. The van der Waals surface area contributed by atoms with Gasteiger partial charge in [-0.25, -0.2) is 0 Å². The molecular weight excluding hydrogens is 262 g/mol. The molecular formula is C18H21NS. The number of nitrogens with zero attached hydrogens (tertiary/aromatic N) is 1. The molecule has 0 radical (unpaired) electrons. The van der Waals surface area contributed by atoms with E-state index in [0.29, 0.717) is 0 Å². The highest BCUT2D eigenvalue weighted by molar-refractivity contribution is 8.07. The van der Waals surface area contributed by atoms with Crippen LogP contribution in [0.4, 0.5) is 0 Å².